The Balaban J connectivity index is 1.65. The molecule has 1 aliphatic carbocycles. The third kappa shape index (κ3) is 11.1. The molecule has 6 amide bonds. The SMILES string of the molecule is CCCNC(=O)[C@@H](NC(=O)[C@@H]1CCCN1C(=O)[C@H](C)NC(=O)[C@@H]1CC(O)CCN1C(=O)[C@@H](NC(=O)C[C@H](C)C1CCCCC1)C(C)C)[C@@H](C)O. The fraction of sp³-hybridized carbons (Fsp3) is 0.833. The molecule has 0 bridgehead atoms. The number of carbonyl (C=O) groups excluding carboxylic acids is 6. The van der Waals surface area contributed by atoms with E-state index < -0.39 is 72.0 Å². The number of rotatable bonds is 15. The summed E-state index contributed by atoms with van der Waals surface area (Å²) in [7, 11) is 0. The van der Waals surface area contributed by atoms with E-state index in [1.807, 2.05) is 20.8 Å². The maximum absolute atomic E-state index is 14.0. The summed E-state index contributed by atoms with van der Waals surface area (Å²) in [6.45, 7) is 11.3. The molecule has 14 heteroatoms. The molecule has 2 heterocycles. The second kappa shape index (κ2) is 19.4. The van der Waals surface area contributed by atoms with Gasteiger partial charge in [0.15, 0.2) is 0 Å². The van der Waals surface area contributed by atoms with Gasteiger partial charge in [0.25, 0.3) is 0 Å². The highest BCUT2D eigenvalue weighted by atomic mass is 16.3. The van der Waals surface area contributed by atoms with Gasteiger partial charge in [0.2, 0.25) is 35.4 Å². The zero-order valence-electron chi connectivity index (χ0n) is 30.9. The van der Waals surface area contributed by atoms with Crippen LogP contribution < -0.4 is 21.3 Å². The number of likely N-dealkylation sites (tertiary alicyclic amines) is 2. The van der Waals surface area contributed by atoms with E-state index in [-0.39, 0.29) is 43.7 Å². The Kier molecular flexibility index (Phi) is 16.0. The molecule has 3 fully saturated rings. The van der Waals surface area contributed by atoms with Crippen LogP contribution in [-0.2, 0) is 28.8 Å². The molecule has 8 atom stereocenters. The highest BCUT2D eigenvalue weighted by Gasteiger charge is 2.42. The molecule has 14 nitrogen and oxygen atoms in total. The van der Waals surface area contributed by atoms with E-state index in [0.717, 1.165) is 12.8 Å². The smallest absolute Gasteiger partial charge is 0.246 e. The van der Waals surface area contributed by atoms with Gasteiger partial charge in [0, 0.05) is 32.5 Å². The first kappa shape index (κ1) is 41.2. The Hall–Kier alpha value is -3.26. The highest BCUT2D eigenvalue weighted by molar-refractivity contribution is 5.96. The van der Waals surface area contributed by atoms with E-state index in [2.05, 4.69) is 28.2 Å². The lowest BCUT2D eigenvalue weighted by molar-refractivity contribution is -0.149. The number of hydrogen-bond donors (Lipinski definition) is 6. The zero-order valence-corrected chi connectivity index (χ0v) is 30.9. The quantitative estimate of drug-likeness (QED) is 0.145. The molecule has 2 saturated heterocycles. The first-order chi connectivity index (χ1) is 23.7. The summed E-state index contributed by atoms with van der Waals surface area (Å²) >= 11 is 0. The lowest BCUT2D eigenvalue weighted by atomic mass is 9.79. The van der Waals surface area contributed by atoms with Gasteiger partial charge in [-0.15, -0.1) is 0 Å². The van der Waals surface area contributed by atoms with Gasteiger partial charge >= 0.3 is 0 Å². The molecular weight excluding hydrogens is 644 g/mol. The molecule has 1 unspecified atom stereocenters. The third-order valence-corrected chi connectivity index (χ3v) is 10.6. The van der Waals surface area contributed by atoms with Gasteiger partial charge in [-0.1, -0.05) is 59.8 Å². The summed E-state index contributed by atoms with van der Waals surface area (Å²) in [5.74, 6) is -2.37. The largest absolute Gasteiger partial charge is 0.393 e. The Labute approximate surface area is 297 Å². The van der Waals surface area contributed by atoms with Crippen molar-refractivity contribution in [2.75, 3.05) is 19.6 Å². The molecule has 0 radical (unpaired) electrons. The van der Waals surface area contributed by atoms with Crippen molar-refractivity contribution in [2.24, 2.45) is 17.8 Å². The summed E-state index contributed by atoms with van der Waals surface area (Å²) in [5, 5.41) is 31.5. The number of aliphatic hydroxyl groups is 2. The molecule has 6 N–H and O–H groups in total. The van der Waals surface area contributed by atoms with Crippen molar-refractivity contribution in [1.82, 2.24) is 31.1 Å². The van der Waals surface area contributed by atoms with Crippen LogP contribution in [0.3, 0.4) is 0 Å². The van der Waals surface area contributed by atoms with E-state index in [0.29, 0.717) is 38.1 Å². The molecular formula is C36H62N6O8. The number of hydrogen-bond acceptors (Lipinski definition) is 8. The van der Waals surface area contributed by atoms with E-state index in [4.69, 9.17) is 0 Å². The van der Waals surface area contributed by atoms with Crippen LogP contribution in [0.4, 0.5) is 0 Å². The fourth-order valence-corrected chi connectivity index (χ4v) is 7.48. The van der Waals surface area contributed by atoms with Crippen molar-refractivity contribution in [1.29, 1.82) is 0 Å². The topological polar surface area (TPSA) is 197 Å². The van der Waals surface area contributed by atoms with Gasteiger partial charge < -0.3 is 41.3 Å². The Morgan fingerprint density at radius 3 is 2.00 bits per heavy atom. The molecule has 3 rings (SSSR count). The Bertz CT molecular complexity index is 1190. The molecule has 0 aromatic heterocycles. The minimum atomic E-state index is -1.19. The Morgan fingerprint density at radius 2 is 1.38 bits per heavy atom. The van der Waals surface area contributed by atoms with Gasteiger partial charge in [0.1, 0.15) is 30.2 Å². The third-order valence-electron chi connectivity index (χ3n) is 10.6. The van der Waals surface area contributed by atoms with E-state index in [1.54, 1.807) is 0 Å². The van der Waals surface area contributed by atoms with Crippen molar-refractivity contribution in [2.45, 2.75) is 155 Å². The van der Waals surface area contributed by atoms with E-state index in [1.165, 1.54) is 42.9 Å². The maximum atomic E-state index is 14.0. The monoisotopic (exact) mass is 706 g/mol. The minimum absolute atomic E-state index is 0.0223. The maximum Gasteiger partial charge on any atom is 0.246 e. The van der Waals surface area contributed by atoms with Crippen molar-refractivity contribution in [3.63, 3.8) is 0 Å². The van der Waals surface area contributed by atoms with Crippen LogP contribution in [-0.4, -0.2) is 118 Å². The number of nitrogens with one attached hydrogen (secondary N) is 4. The van der Waals surface area contributed by atoms with Crippen LogP contribution in [0.15, 0.2) is 0 Å². The predicted octanol–water partition coefficient (Wildman–Crippen LogP) is 0.973. The summed E-state index contributed by atoms with van der Waals surface area (Å²) < 4.78 is 0. The standard InChI is InChI=1S/C36H62N6O8/c1-7-16-37-34(48)31(24(6)43)40-32(46)27-14-11-17-41(27)35(49)23(5)38-33(47)28-20-26(44)15-18-42(28)36(50)30(21(2)3)39-29(45)19-22(4)25-12-9-8-10-13-25/h21-28,30-31,43-44H,7-20H2,1-6H3,(H,37,48)(H,38,47)(H,39,45)(H,40,46)/t22-,23-,24+,26?,27-,28-,30-,31-/m0/s1. The molecule has 2 aliphatic heterocycles. The summed E-state index contributed by atoms with van der Waals surface area (Å²) in [4.78, 5) is 83.0. The second-order valence-corrected chi connectivity index (χ2v) is 15.0. The summed E-state index contributed by atoms with van der Waals surface area (Å²) in [5.41, 5.74) is 0. The van der Waals surface area contributed by atoms with Crippen molar-refractivity contribution < 1.29 is 39.0 Å². The van der Waals surface area contributed by atoms with Crippen LogP contribution in [0, 0.1) is 17.8 Å². The van der Waals surface area contributed by atoms with Gasteiger partial charge in [-0.2, -0.15) is 0 Å². The first-order valence-electron chi connectivity index (χ1n) is 18.8. The van der Waals surface area contributed by atoms with Gasteiger partial charge in [-0.3, -0.25) is 28.8 Å². The van der Waals surface area contributed by atoms with Crippen molar-refractivity contribution in [3.8, 4) is 0 Å². The summed E-state index contributed by atoms with van der Waals surface area (Å²) in [6, 6.07) is -5.07. The normalized spacial score (nSPS) is 24.5. The van der Waals surface area contributed by atoms with E-state index in [9.17, 15) is 39.0 Å². The van der Waals surface area contributed by atoms with Crippen LogP contribution in [0.2, 0.25) is 0 Å². The lowest BCUT2D eigenvalue weighted by Crippen LogP contribution is -2.62. The molecule has 0 aromatic carbocycles. The number of amides is 6. The molecule has 50 heavy (non-hydrogen) atoms. The molecule has 284 valence electrons. The number of piperidine rings is 1. The highest BCUT2D eigenvalue weighted by Crippen LogP contribution is 2.31. The van der Waals surface area contributed by atoms with Crippen LogP contribution in [0.5, 0.6) is 0 Å². The van der Waals surface area contributed by atoms with Gasteiger partial charge in [0.05, 0.1) is 12.2 Å². The molecule has 1 saturated carbocycles. The van der Waals surface area contributed by atoms with Gasteiger partial charge in [-0.25, -0.2) is 0 Å². The lowest BCUT2D eigenvalue weighted by Gasteiger charge is -2.40. The molecule has 0 spiro atoms. The summed E-state index contributed by atoms with van der Waals surface area (Å²) in [6.07, 6.45) is 5.96. The molecule has 0 aromatic rings. The molecule has 3 aliphatic rings. The zero-order chi connectivity index (χ0) is 37.1. The number of aliphatic hydroxyl groups excluding tert-OH is 2. The second-order valence-electron chi connectivity index (χ2n) is 15.0. The Morgan fingerprint density at radius 1 is 0.740 bits per heavy atom. The average Bonchev–Trinajstić information content (AvgIpc) is 3.58. The number of carbonyl (C=O) groups is 6. The fourth-order valence-electron chi connectivity index (χ4n) is 7.48. The first-order valence-corrected chi connectivity index (χ1v) is 18.8. The predicted molar refractivity (Wildman–Crippen MR) is 187 cm³/mol. The number of nitrogens with zero attached hydrogens (tertiary/aromatic N) is 2. The van der Waals surface area contributed by atoms with Crippen LogP contribution in [0.25, 0.3) is 0 Å². The van der Waals surface area contributed by atoms with Crippen LogP contribution in [0.1, 0.15) is 112 Å². The van der Waals surface area contributed by atoms with Gasteiger partial charge in [-0.05, 0) is 57.3 Å². The van der Waals surface area contributed by atoms with Crippen molar-refractivity contribution in [3.05, 3.63) is 0 Å². The average molecular weight is 707 g/mol. The van der Waals surface area contributed by atoms with Crippen molar-refractivity contribution >= 4 is 35.4 Å². The van der Waals surface area contributed by atoms with Crippen LogP contribution >= 0.6 is 0 Å². The van der Waals surface area contributed by atoms with E-state index >= 15 is 0 Å². The minimum Gasteiger partial charge on any atom is -0.393 e.